The smallest absolute Gasteiger partial charge is 0.119 e. The first kappa shape index (κ1) is 19.4. The van der Waals surface area contributed by atoms with Crippen molar-refractivity contribution in [3.63, 3.8) is 0 Å². The highest BCUT2D eigenvalue weighted by Crippen LogP contribution is 2.22. The summed E-state index contributed by atoms with van der Waals surface area (Å²) in [5.74, 6) is 0.752. The number of hydrogen-bond donors (Lipinski definition) is 1. The van der Waals surface area contributed by atoms with Gasteiger partial charge in [0.15, 0.2) is 0 Å². The van der Waals surface area contributed by atoms with Crippen LogP contribution in [-0.4, -0.2) is 36.3 Å². The predicted octanol–water partition coefficient (Wildman–Crippen LogP) is 4.88. The van der Waals surface area contributed by atoms with Crippen molar-refractivity contribution in [3.05, 3.63) is 89.4 Å². The molecule has 1 N–H and O–H groups in total. The van der Waals surface area contributed by atoms with Crippen molar-refractivity contribution in [1.82, 2.24) is 4.90 Å². The predicted molar refractivity (Wildman–Crippen MR) is 111 cm³/mol. The highest BCUT2D eigenvalue weighted by Gasteiger charge is 2.11. The Morgan fingerprint density at radius 3 is 2.22 bits per heavy atom. The van der Waals surface area contributed by atoms with E-state index in [1.165, 1.54) is 5.56 Å². The molecule has 0 radical (unpaired) electrons. The van der Waals surface area contributed by atoms with E-state index in [0.717, 1.165) is 21.9 Å². The van der Waals surface area contributed by atoms with Gasteiger partial charge >= 0.3 is 0 Å². The molecule has 0 fully saturated rings. The SMILES string of the molecule is CN(Cc1ccccc1Cl)CC(O)COc1ccc(-c2ccccc2)cc1. The number of rotatable bonds is 8. The summed E-state index contributed by atoms with van der Waals surface area (Å²) in [4.78, 5) is 2.04. The van der Waals surface area contributed by atoms with Crippen LogP contribution in [0.2, 0.25) is 5.02 Å². The molecular weight excluding hydrogens is 358 g/mol. The van der Waals surface area contributed by atoms with E-state index in [1.54, 1.807) is 0 Å². The van der Waals surface area contributed by atoms with Crippen molar-refractivity contribution < 1.29 is 9.84 Å². The van der Waals surface area contributed by atoms with Gasteiger partial charge in [0.2, 0.25) is 0 Å². The minimum absolute atomic E-state index is 0.248. The van der Waals surface area contributed by atoms with Crippen LogP contribution in [0.1, 0.15) is 5.56 Å². The normalized spacial score (nSPS) is 12.1. The van der Waals surface area contributed by atoms with Gasteiger partial charge in [0.25, 0.3) is 0 Å². The second-order valence-electron chi connectivity index (χ2n) is 6.64. The second kappa shape index (κ2) is 9.56. The summed E-state index contributed by atoms with van der Waals surface area (Å²) in [5.41, 5.74) is 3.36. The average Bonchev–Trinajstić information content (AvgIpc) is 2.69. The lowest BCUT2D eigenvalue weighted by molar-refractivity contribution is 0.0744. The molecule has 0 saturated carbocycles. The van der Waals surface area contributed by atoms with Gasteiger partial charge in [0.05, 0.1) is 0 Å². The van der Waals surface area contributed by atoms with Crippen LogP contribution in [0.4, 0.5) is 0 Å². The maximum absolute atomic E-state index is 10.3. The van der Waals surface area contributed by atoms with Gasteiger partial charge in [-0.2, -0.15) is 0 Å². The monoisotopic (exact) mass is 381 g/mol. The zero-order chi connectivity index (χ0) is 19.1. The maximum atomic E-state index is 10.3. The molecule has 0 aliphatic carbocycles. The van der Waals surface area contributed by atoms with Crippen molar-refractivity contribution >= 4 is 11.6 Å². The third-order valence-electron chi connectivity index (χ3n) is 4.32. The third-order valence-corrected chi connectivity index (χ3v) is 4.69. The Morgan fingerprint density at radius 2 is 1.52 bits per heavy atom. The summed E-state index contributed by atoms with van der Waals surface area (Å²) in [5, 5.41) is 11.0. The molecule has 3 aromatic carbocycles. The zero-order valence-electron chi connectivity index (χ0n) is 15.4. The molecule has 0 bridgehead atoms. The van der Waals surface area contributed by atoms with Gasteiger partial charge < -0.3 is 9.84 Å². The van der Waals surface area contributed by atoms with Crippen molar-refractivity contribution in [2.75, 3.05) is 20.2 Å². The van der Waals surface area contributed by atoms with E-state index in [9.17, 15) is 5.11 Å². The van der Waals surface area contributed by atoms with E-state index in [4.69, 9.17) is 16.3 Å². The van der Waals surface area contributed by atoms with Crippen molar-refractivity contribution in [2.24, 2.45) is 0 Å². The van der Waals surface area contributed by atoms with E-state index in [-0.39, 0.29) is 6.61 Å². The molecule has 27 heavy (non-hydrogen) atoms. The molecule has 3 rings (SSSR count). The molecule has 0 aromatic heterocycles. The standard InChI is InChI=1S/C23H24ClNO2/c1-25(15-20-9-5-6-10-23(20)24)16-21(26)17-27-22-13-11-19(12-14-22)18-7-3-2-4-8-18/h2-14,21,26H,15-17H2,1H3. The zero-order valence-corrected chi connectivity index (χ0v) is 16.1. The fourth-order valence-electron chi connectivity index (χ4n) is 2.96. The molecule has 1 unspecified atom stereocenters. The Hall–Kier alpha value is -2.33. The van der Waals surface area contributed by atoms with Gasteiger partial charge in [-0.3, -0.25) is 4.90 Å². The Kier molecular flexibility index (Phi) is 6.88. The lowest BCUT2D eigenvalue weighted by atomic mass is 10.1. The van der Waals surface area contributed by atoms with Crippen LogP contribution < -0.4 is 4.74 Å². The number of hydrogen-bond acceptors (Lipinski definition) is 3. The van der Waals surface area contributed by atoms with Crippen molar-refractivity contribution in [3.8, 4) is 16.9 Å². The van der Waals surface area contributed by atoms with E-state index < -0.39 is 6.10 Å². The van der Waals surface area contributed by atoms with E-state index in [2.05, 4.69) is 12.1 Å². The molecule has 3 nitrogen and oxygen atoms in total. The van der Waals surface area contributed by atoms with Gasteiger partial charge in [-0.15, -0.1) is 0 Å². The highest BCUT2D eigenvalue weighted by molar-refractivity contribution is 6.31. The largest absolute Gasteiger partial charge is 0.491 e. The van der Waals surface area contributed by atoms with E-state index in [1.807, 2.05) is 78.7 Å². The topological polar surface area (TPSA) is 32.7 Å². The Labute approximate surface area is 165 Å². The van der Waals surface area contributed by atoms with Crippen LogP contribution in [0.15, 0.2) is 78.9 Å². The third kappa shape index (κ3) is 5.83. The molecule has 140 valence electrons. The molecule has 0 spiro atoms. The first-order valence-electron chi connectivity index (χ1n) is 9.00. The van der Waals surface area contributed by atoms with E-state index >= 15 is 0 Å². The number of nitrogens with zero attached hydrogens (tertiary/aromatic N) is 1. The van der Waals surface area contributed by atoms with Crippen LogP contribution in [0.5, 0.6) is 5.75 Å². The molecule has 4 heteroatoms. The van der Waals surface area contributed by atoms with Crippen LogP contribution >= 0.6 is 11.6 Å². The van der Waals surface area contributed by atoms with Crippen LogP contribution in [0.3, 0.4) is 0 Å². The molecule has 0 amide bonds. The van der Waals surface area contributed by atoms with Crippen molar-refractivity contribution in [1.29, 1.82) is 0 Å². The second-order valence-corrected chi connectivity index (χ2v) is 7.05. The Morgan fingerprint density at radius 1 is 0.889 bits per heavy atom. The molecule has 3 aromatic rings. The molecule has 0 aliphatic rings. The average molecular weight is 382 g/mol. The van der Waals surface area contributed by atoms with Gasteiger partial charge in [-0.05, 0) is 41.9 Å². The molecule has 1 atom stereocenters. The number of ether oxygens (including phenoxy) is 1. The molecule has 0 aliphatic heterocycles. The van der Waals surface area contributed by atoms with Crippen LogP contribution in [0, 0.1) is 0 Å². The highest BCUT2D eigenvalue weighted by atomic mass is 35.5. The van der Waals surface area contributed by atoms with Crippen molar-refractivity contribution in [2.45, 2.75) is 12.6 Å². The minimum atomic E-state index is -0.578. The molecule has 0 heterocycles. The lowest BCUT2D eigenvalue weighted by Crippen LogP contribution is -2.32. The number of aliphatic hydroxyl groups is 1. The van der Waals surface area contributed by atoms with Gasteiger partial charge in [-0.1, -0.05) is 72.3 Å². The first-order valence-corrected chi connectivity index (χ1v) is 9.38. The fraction of sp³-hybridized carbons (Fsp3) is 0.217. The number of benzene rings is 3. The summed E-state index contributed by atoms with van der Waals surface area (Å²) in [6, 6.07) is 25.9. The minimum Gasteiger partial charge on any atom is -0.491 e. The number of halogens is 1. The maximum Gasteiger partial charge on any atom is 0.119 e. The number of aliphatic hydroxyl groups excluding tert-OH is 1. The first-order chi connectivity index (χ1) is 13.1. The summed E-state index contributed by atoms with van der Waals surface area (Å²) in [6.07, 6.45) is -0.578. The lowest BCUT2D eigenvalue weighted by Gasteiger charge is -2.21. The summed E-state index contributed by atoms with van der Waals surface area (Å²) >= 11 is 6.19. The quantitative estimate of drug-likeness (QED) is 0.603. The fourth-order valence-corrected chi connectivity index (χ4v) is 3.16. The number of likely N-dealkylation sites (N-methyl/N-ethyl adjacent to an activating group) is 1. The van der Waals surface area contributed by atoms with E-state index in [0.29, 0.717) is 13.1 Å². The Bertz CT molecular complexity index is 837. The molecule has 0 saturated heterocycles. The summed E-state index contributed by atoms with van der Waals surface area (Å²) in [7, 11) is 1.96. The molecular formula is C23H24ClNO2. The van der Waals surface area contributed by atoms with Gasteiger partial charge in [0.1, 0.15) is 18.5 Å². The summed E-state index contributed by atoms with van der Waals surface area (Å²) in [6.45, 7) is 1.44. The van der Waals surface area contributed by atoms with Crippen LogP contribution in [-0.2, 0) is 6.54 Å². The summed E-state index contributed by atoms with van der Waals surface area (Å²) < 4.78 is 5.73. The van der Waals surface area contributed by atoms with Gasteiger partial charge in [-0.25, -0.2) is 0 Å². The van der Waals surface area contributed by atoms with Crippen LogP contribution in [0.25, 0.3) is 11.1 Å². The Balaban J connectivity index is 1.47. The van der Waals surface area contributed by atoms with Gasteiger partial charge in [0, 0.05) is 18.1 Å².